The van der Waals surface area contributed by atoms with Crippen LogP contribution in [0.2, 0.25) is 0 Å². The van der Waals surface area contributed by atoms with Gasteiger partial charge in [-0.15, -0.1) is 0 Å². The van der Waals surface area contributed by atoms with Gasteiger partial charge >= 0.3 is 103 Å². The number of thiocyanates is 2. The van der Waals surface area contributed by atoms with Crippen molar-refractivity contribution in [1.29, 1.82) is 10.5 Å². The van der Waals surface area contributed by atoms with Gasteiger partial charge in [-0.2, -0.15) is 20.8 Å². The molecule has 5 nitrogen and oxygen atoms in total. The number of aliphatic hydroxyl groups is 1. The first-order valence-electron chi connectivity index (χ1n) is 2.20. The number of hydrogen-bond acceptors (Lipinski definition) is 7. The Morgan fingerprint density at radius 3 is 0.938 bits per heavy atom. The summed E-state index contributed by atoms with van der Waals surface area (Å²) >= 11 is 13.6. The zero-order chi connectivity index (χ0) is 12.8. The summed E-state index contributed by atoms with van der Waals surface area (Å²) in [6, 6.07) is 0. The van der Waals surface area contributed by atoms with E-state index in [0.717, 1.165) is 7.11 Å². The molecule has 11 heteroatoms. The molecule has 0 amide bonds. The van der Waals surface area contributed by atoms with E-state index in [1.807, 2.05) is 0 Å². The van der Waals surface area contributed by atoms with Crippen molar-refractivity contribution in [2.24, 2.45) is 0 Å². The molecule has 0 unspecified atom stereocenters. The number of thiol groups is 2. The van der Waals surface area contributed by atoms with Gasteiger partial charge in [0.05, 0.1) is 0 Å². The van der Waals surface area contributed by atoms with E-state index in [4.69, 9.17) is 26.4 Å². The monoisotopic (exact) mass is 344 g/mol. The number of hydrogen-bond donors (Lipinski definition) is 3. The van der Waals surface area contributed by atoms with Crippen molar-refractivity contribution in [3.05, 3.63) is 10.8 Å². The normalized spacial score (nSPS) is 2.38. The van der Waals surface area contributed by atoms with E-state index in [9.17, 15) is 0 Å². The summed E-state index contributed by atoms with van der Waals surface area (Å²) in [5.41, 5.74) is 0. The molecule has 16 heavy (non-hydrogen) atoms. The molecule has 0 aliphatic rings. The Morgan fingerprint density at radius 1 is 0.938 bits per heavy atom. The Hall–Kier alpha value is 2.51. The fourth-order valence-electron chi connectivity index (χ4n) is 0. The van der Waals surface area contributed by atoms with Gasteiger partial charge in [0.1, 0.15) is 10.8 Å². The molecule has 0 radical (unpaired) electrons. The summed E-state index contributed by atoms with van der Waals surface area (Å²) < 4.78 is 0. The Kier molecular flexibility index (Phi) is 301. The van der Waals surface area contributed by atoms with Crippen LogP contribution in [-0.2, 0) is 0 Å². The Labute approximate surface area is 202 Å². The van der Waals surface area contributed by atoms with E-state index < -0.39 is 0 Å². The summed E-state index contributed by atoms with van der Waals surface area (Å²) in [6.45, 7) is 0. The number of nitrogens with zero attached hydrogens (tertiary/aromatic N) is 4. The van der Waals surface area contributed by atoms with Crippen molar-refractivity contribution < 1.29 is 108 Å². The predicted molar refractivity (Wildman–Crippen MR) is 69.3 cm³/mol. The molecule has 0 aliphatic carbocycles. The van der Waals surface area contributed by atoms with Crippen LogP contribution in [0.1, 0.15) is 0 Å². The molecule has 0 saturated heterocycles. The van der Waals surface area contributed by atoms with Crippen LogP contribution in [0, 0.1) is 21.3 Å². The van der Waals surface area contributed by atoms with Crippen LogP contribution in [-0.4, -0.2) is 22.5 Å². The zero-order valence-corrected chi connectivity index (χ0v) is 18.6. The average molecular weight is 345 g/mol. The van der Waals surface area contributed by atoms with Crippen molar-refractivity contribution in [3.63, 3.8) is 0 Å². The second kappa shape index (κ2) is 113. The van der Waals surface area contributed by atoms with Crippen molar-refractivity contribution in [2.75, 3.05) is 7.11 Å². The molecule has 0 spiro atoms. The molecule has 0 aromatic heterocycles. The smallest absolute Gasteiger partial charge is 0.753 e. The minimum Gasteiger partial charge on any atom is -0.753 e. The minimum absolute atomic E-state index is 0. The third kappa shape index (κ3) is 629. The largest absolute Gasteiger partial charge is 1.00 e. The molecule has 0 aromatic carbocycles. The third-order valence-electron chi connectivity index (χ3n) is 0. The quantitative estimate of drug-likeness (QED) is 0.135. The first kappa shape index (κ1) is 42.8. The molecule has 0 bridgehead atoms. The van der Waals surface area contributed by atoms with E-state index in [2.05, 4.69) is 49.7 Å². The molecule has 0 aromatic rings. The van der Waals surface area contributed by atoms with Gasteiger partial charge in [-0.05, 0) is 0 Å². The van der Waals surface area contributed by atoms with Crippen molar-refractivity contribution in [2.45, 2.75) is 0 Å². The Bertz CT molecular complexity index is 191. The van der Waals surface area contributed by atoms with E-state index in [0.29, 0.717) is 0 Å². The van der Waals surface area contributed by atoms with Crippen LogP contribution in [0.5, 0.6) is 0 Å². The number of isothiocyanates is 2. The first-order valence-corrected chi connectivity index (χ1v) is 3.91. The first-order chi connectivity index (χ1) is 6.66. The molecule has 0 rings (SSSR count). The van der Waals surface area contributed by atoms with E-state index >= 15 is 0 Å². The van der Waals surface area contributed by atoms with Gasteiger partial charge < -0.3 is 15.9 Å². The third-order valence-corrected chi connectivity index (χ3v) is 0. The van der Waals surface area contributed by atoms with Gasteiger partial charge in [0, 0.05) is 7.11 Å². The second-order valence-corrected chi connectivity index (χ2v) is 1.15. The van der Waals surface area contributed by atoms with E-state index in [1.165, 1.54) is 21.1 Å². The fourth-order valence-corrected chi connectivity index (χ4v) is 0. The summed E-state index contributed by atoms with van der Waals surface area (Å²) in [7, 11) is 1.00. The van der Waals surface area contributed by atoms with Crippen molar-refractivity contribution >= 4 is 60.0 Å². The zero-order valence-electron chi connectivity index (χ0n) is 8.95. The fraction of sp³-hybridized carbons (Fsp3) is 0.200. The molecule has 1 N–H and O–H groups in total. The molecule has 0 aliphatic heterocycles. The van der Waals surface area contributed by atoms with Gasteiger partial charge in [0.25, 0.3) is 0 Å². The SMILES string of the molecule is CO.N#CS.N#CS.[K+].[K+].[N-]=C=S.[N-]=C=S. The van der Waals surface area contributed by atoms with Gasteiger partial charge in [-0.3, -0.25) is 0 Å². The van der Waals surface area contributed by atoms with E-state index in [1.54, 1.807) is 0 Å². The average Bonchev–Trinajstić information content (AvgIpc) is 2.12. The number of rotatable bonds is 0. The Balaban J connectivity index is -0.0000000124. The summed E-state index contributed by atoms with van der Waals surface area (Å²) in [5.74, 6) is 0. The Morgan fingerprint density at radius 2 is 0.938 bits per heavy atom. The summed E-state index contributed by atoms with van der Waals surface area (Å²) in [5, 5.41) is 41.2. The standard InChI is InChI=1S/2CHNS.2CNS.CH4O.2K/c4*2-1-3;1-2;;/h2*3H;;;2H,1H3;;/q;;2*-1;;2*+1. The summed E-state index contributed by atoms with van der Waals surface area (Å²) in [4.78, 5) is 0. The maximum absolute atomic E-state index is 7.18. The van der Waals surface area contributed by atoms with Crippen molar-refractivity contribution in [3.8, 4) is 10.8 Å². The molecule has 0 saturated carbocycles. The maximum atomic E-state index is 7.18. The molecule has 0 fully saturated rings. The van der Waals surface area contributed by atoms with Crippen LogP contribution < -0.4 is 103 Å². The van der Waals surface area contributed by atoms with Gasteiger partial charge in [-0.25, -0.2) is 0 Å². The number of thiocarbonyl (C=S) groups is 2. The molecule has 0 heterocycles. The van der Waals surface area contributed by atoms with Gasteiger partial charge in [0.15, 0.2) is 0 Å². The number of nitriles is 2. The molecular weight excluding hydrogens is 339 g/mol. The van der Waals surface area contributed by atoms with Crippen LogP contribution in [0.3, 0.4) is 0 Å². The van der Waals surface area contributed by atoms with Crippen LogP contribution in [0.15, 0.2) is 0 Å². The molecular formula is C5H6K2N4OS4. The van der Waals surface area contributed by atoms with Crippen LogP contribution in [0.4, 0.5) is 0 Å². The van der Waals surface area contributed by atoms with Gasteiger partial charge in [0.2, 0.25) is 0 Å². The summed E-state index contributed by atoms with van der Waals surface area (Å²) in [6.07, 6.45) is 0. The second-order valence-electron chi connectivity index (χ2n) is 0.383. The topological polar surface area (TPSA) is 112 Å². The molecule has 0 atom stereocenters. The van der Waals surface area contributed by atoms with Crippen molar-refractivity contribution in [1.82, 2.24) is 0 Å². The number of aliphatic hydroxyl groups excluding tert-OH is 1. The predicted octanol–water partition coefficient (Wildman–Crippen LogP) is -4.27. The van der Waals surface area contributed by atoms with Gasteiger partial charge in [-0.1, -0.05) is 49.7 Å². The maximum Gasteiger partial charge on any atom is 1.00 e. The van der Waals surface area contributed by atoms with E-state index in [-0.39, 0.29) is 103 Å². The minimum atomic E-state index is 0. The molecule has 78 valence electrons. The van der Waals surface area contributed by atoms with Crippen LogP contribution >= 0.6 is 49.7 Å². The van der Waals surface area contributed by atoms with Crippen LogP contribution in [0.25, 0.3) is 10.8 Å².